The van der Waals surface area contributed by atoms with Crippen LogP contribution in [0.5, 0.6) is 0 Å². The van der Waals surface area contributed by atoms with E-state index in [1.54, 1.807) is 32.0 Å². The molecule has 1 rings (SSSR count). The molecule has 0 aromatic heterocycles. The molecule has 0 bridgehead atoms. The zero-order valence-electron chi connectivity index (χ0n) is 10.8. The minimum Gasteiger partial charge on any atom is -0.465 e. The number of carbonyl (C=O) groups excluding carboxylic acids is 2. The molecule has 0 radical (unpaired) electrons. The topological polar surface area (TPSA) is 46.6 Å². The Morgan fingerprint density at radius 1 is 1.37 bits per heavy atom. The van der Waals surface area contributed by atoms with Crippen molar-refractivity contribution in [1.82, 2.24) is 4.90 Å². The summed E-state index contributed by atoms with van der Waals surface area (Å²) in [5.41, 5.74) is 0.429. The highest BCUT2D eigenvalue weighted by molar-refractivity contribution is 9.10. The average Bonchev–Trinajstić information content (AvgIpc) is 2.38. The Hall–Kier alpha value is -1.07. The van der Waals surface area contributed by atoms with Crippen molar-refractivity contribution in [2.75, 3.05) is 19.7 Å². The Labute approximate surface area is 125 Å². The lowest BCUT2D eigenvalue weighted by Gasteiger charge is -2.20. The lowest BCUT2D eigenvalue weighted by molar-refractivity contribution is -0.143. The number of esters is 1. The number of carbonyl (C=O) groups is 2. The number of hydrogen-bond donors (Lipinski definition) is 0. The molecular weight excluding hydrogens is 334 g/mol. The van der Waals surface area contributed by atoms with Gasteiger partial charge < -0.3 is 9.64 Å². The summed E-state index contributed by atoms with van der Waals surface area (Å²) in [4.78, 5) is 25.2. The van der Waals surface area contributed by atoms with E-state index in [0.717, 1.165) is 0 Å². The number of halogens is 2. The summed E-state index contributed by atoms with van der Waals surface area (Å²) in [6, 6.07) is 4.96. The number of rotatable bonds is 5. The maximum atomic E-state index is 12.3. The van der Waals surface area contributed by atoms with Crippen LogP contribution >= 0.6 is 27.5 Å². The average molecular weight is 349 g/mol. The highest BCUT2D eigenvalue weighted by Gasteiger charge is 2.20. The highest BCUT2D eigenvalue weighted by atomic mass is 79.9. The summed E-state index contributed by atoms with van der Waals surface area (Å²) in [6.45, 7) is 4.17. The fourth-order valence-electron chi connectivity index (χ4n) is 1.52. The van der Waals surface area contributed by atoms with Gasteiger partial charge in [-0.2, -0.15) is 0 Å². The third-order valence-corrected chi connectivity index (χ3v) is 3.38. The van der Waals surface area contributed by atoms with Gasteiger partial charge in [0.1, 0.15) is 6.54 Å². The van der Waals surface area contributed by atoms with E-state index in [-0.39, 0.29) is 12.5 Å². The maximum Gasteiger partial charge on any atom is 0.325 e. The maximum absolute atomic E-state index is 12.3. The molecule has 0 aliphatic heterocycles. The van der Waals surface area contributed by atoms with E-state index in [4.69, 9.17) is 16.3 Å². The van der Waals surface area contributed by atoms with E-state index in [0.29, 0.717) is 28.2 Å². The van der Waals surface area contributed by atoms with Crippen molar-refractivity contribution in [2.24, 2.45) is 0 Å². The Morgan fingerprint density at radius 2 is 2.05 bits per heavy atom. The van der Waals surface area contributed by atoms with Crippen LogP contribution in [0.25, 0.3) is 0 Å². The van der Waals surface area contributed by atoms with Gasteiger partial charge in [0.15, 0.2) is 0 Å². The van der Waals surface area contributed by atoms with Crippen LogP contribution in [0, 0.1) is 0 Å². The molecule has 6 heteroatoms. The Kier molecular flexibility index (Phi) is 6.31. The van der Waals surface area contributed by atoms with E-state index < -0.39 is 5.97 Å². The SMILES string of the molecule is CCOC(=O)CN(CC)C(=O)c1cc(Cl)ccc1Br. The lowest BCUT2D eigenvalue weighted by Crippen LogP contribution is -2.36. The summed E-state index contributed by atoms with van der Waals surface area (Å²) in [6.07, 6.45) is 0. The van der Waals surface area contributed by atoms with Crippen molar-refractivity contribution in [1.29, 1.82) is 0 Å². The van der Waals surface area contributed by atoms with E-state index in [1.165, 1.54) is 4.90 Å². The Bertz CT molecular complexity index is 479. The first-order chi connectivity index (χ1) is 8.99. The van der Waals surface area contributed by atoms with Crippen LogP contribution in [0.2, 0.25) is 5.02 Å². The first-order valence-electron chi connectivity index (χ1n) is 5.89. The predicted molar refractivity (Wildman–Crippen MR) is 77.4 cm³/mol. The van der Waals surface area contributed by atoms with Gasteiger partial charge in [-0.15, -0.1) is 0 Å². The normalized spacial score (nSPS) is 10.1. The predicted octanol–water partition coefficient (Wildman–Crippen LogP) is 3.13. The Morgan fingerprint density at radius 3 is 2.63 bits per heavy atom. The van der Waals surface area contributed by atoms with Crippen LogP contribution in [0.1, 0.15) is 24.2 Å². The number of hydrogen-bond acceptors (Lipinski definition) is 3. The summed E-state index contributed by atoms with van der Waals surface area (Å²) in [5, 5.41) is 0.471. The van der Waals surface area contributed by atoms with Crippen LogP contribution < -0.4 is 0 Å². The number of nitrogens with zero attached hydrogens (tertiary/aromatic N) is 1. The molecule has 0 N–H and O–H groups in total. The molecule has 0 aliphatic rings. The fraction of sp³-hybridized carbons (Fsp3) is 0.385. The molecule has 0 spiro atoms. The van der Waals surface area contributed by atoms with Gasteiger partial charge >= 0.3 is 5.97 Å². The molecule has 104 valence electrons. The van der Waals surface area contributed by atoms with Crippen LogP contribution in [0.15, 0.2) is 22.7 Å². The van der Waals surface area contributed by atoms with Gasteiger partial charge in [0.05, 0.1) is 12.2 Å². The molecule has 4 nitrogen and oxygen atoms in total. The molecule has 1 aromatic carbocycles. The van der Waals surface area contributed by atoms with Gasteiger partial charge in [0, 0.05) is 16.0 Å². The first kappa shape index (κ1) is 16.0. The van der Waals surface area contributed by atoms with E-state index >= 15 is 0 Å². The largest absolute Gasteiger partial charge is 0.465 e. The summed E-state index contributed by atoms with van der Waals surface area (Å²) in [5.74, 6) is -0.680. The molecule has 0 atom stereocenters. The van der Waals surface area contributed by atoms with Crippen LogP contribution in [0.4, 0.5) is 0 Å². The fourth-order valence-corrected chi connectivity index (χ4v) is 2.11. The van der Waals surface area contributed by atoms with Crippen LogP contribution in [-0.2, 0) is 9.53 Å². The van der Waals surface area contributed by atoms with Gasteiger partial charge in [-0.05, 0) is 48.0 Å². The minimum atomic E-state index is -0.421. The van der Waals surface area contributed by atoms with Gasteiger partial charge in [-0.3, -0.25) is 9.59 Å². The van der Waals surface area contributed by atoms with Crippen molar-refractivity contribution < 1.29 is 14.3 Å². The monoisotopic (exact) mass is 347 g/mol. The third kappa shape index (κ3) is 4.51. The lowest BCUT2D eigenvalue weighted by atomic mass is 10.2. The second-order valence-corrected chi connectivity index (χ2v) is 5.04. The van der Waals surface area contributed by atoms with E-state index in [1.807, 2.05) is 0 Å². The number of likely N-dealkylation sites (N-methyl/N-ethyl adjacent to an activating group) is 1. The van der Waals surface area contributed by atoms with Crippen molar-refractivity contribution in [2.45, 2.75) is 13.8 Å². The smallest absolute Gasteiger partial charge is 0.325 e. The molecule has 0 heterocycles. The number of benzene rings is 1. The van der Waals surface area contributed by atoms with Gasteiger partial charge in [0.25, 0.3) is 5.91 Å². The molecular formula is C13H15BrClNO3. The second-order valence-electron chi connectivity index (χ2n) is 3.75. The van der Waals surface area contributed by atoms with Gasteiger partial charge in [-0.1, -0.05) is 11.6 Å². The third-order valence-electron chi connectivity index (χ3n) is 2.45. The standard InChI is InChI=1S/C13H15BrClNO3/c1-3-16(8-12(17)19-4-2)13(18)10-7-9(15)5-6-11(10)14/h5-7H,3-4,8H2,1-2H3. The van der Waals surface area contributed by atoms with E-state index in [9.17, 15) is 9.59 Å². The summed E-state index contributed by atoms with van der Waals surface area (Å²) in [7, 11) is 0. The van der Waals surface area contributed by atoms with Crippen molar-refractivity contribution in [3.05, 3.63) is 33.3 Å². The Balaban J connectivity index is 2.89. The van der Waals surface area contributed by atoms with Gasteiger partial charge in [0.2, 0.25) is 0 Å². The van der Waals surface area contributed by atoms with Crippen molar-refractivity contribution in [3.63, 3.8) is 0 Å². The quantitative estimate of drug-likeness (QED) is 0.768. The molecule has 0 saturated heterocycles. The van der Waals surface area contributed by atoms with Crippen LogP contribution in [-0.4, -0.2) is 36.5 Å². The zero-order chi connectivity index (χ0) is 14.4. The highest BCUT2D eigenvalue weighted by Crippen LogP contribution is 2.22. The summed E-state index contributed by atoms with van der Waals surface area (Å²) >= 11 is 9.18. The van der Waals surface area contributed by atoms with Crippen LogP contribution in [0.3, 0.4) is 0 Å². The molecule has 1 aromatic rings. The molecule has 0 aliphatic carbocycles. The van der Waals surface area contributed by atoms with Gasteiger partial charge in [-0.25, -0.2) is 0 Å². The van der Waals surface area contributed by atoms with Crippen molar-refractivity contribution in [3.8, 4) is 0 Å². The second kappa shape index (κ2) is 7.50. The molecule has 0 saturated carbocycles. The summed E-state index contributed by atoms with van der Waals surface area (Å²) < 4.78 is 5.49. The minimum absolute atomic E-state index is 0.0673. The molecule has 1 amide bonds. The number of ether oxygens (including phenoxy) is 1. The number of amides is 1. The molecule has 0 unspecified atom stereocenters. The van der Waals surface area contributed by atoms with Crippen molar-refractivity contribution >= 4 is 39.4 Å². The van der Waals surface area contributed by atoms with E-state index in [2.05, 4.69) is 15.9 Å². The zero-order valence-corrected chi connectivity index (χ0v) is 13.1. The molecule has 19 heavy (non-hydrogen) atoms. The molecule has 0 fully saturated rings. The first-order valence-corrected chi connectivity index (χ1v) is 7.06.